The molecule has 0 aliphatic heterocycles. The number of hydrogen-bond acceptors (Lipinski definition) is 3. The van der Waals surface area contributed by atoms with Crippen molar-refractivity contribution in [2.24, 2.45) is 0 Å². The van der Waals surface area contributed by atoms with Gasteiger partial charge >= 0.3 is 0 Å². The van der Waals surface area contributed by atoms with Crippen molar-refractivity contribution in [2.45, 2.75) is 16.1 Å². The van der Waals surface area contributed by atoms with Crippen LogP contribution in [0.25, 0.3) is 0 Å². The highest BCUT2D eigenvalue weighted by Gasteiger charge is 2.13. The molecule has 1 nitrogen and oxygen atoms in total. The van der Waals surface area contributed by atoms with Crippen LogP contribution in [0.15, 0.2) is 81.7 Å². The molecule has 1 N–H and O–H groups in total. The zero-order valence-corrected chi connectivity index (χ0v) is 18.7. The van der Waals surface area contributed by atoms with E-state index in [2.05, 4.69) is 80.4 Å². The molecule has 0 fully saturated rings. The Kier molecular flexibility index (Phi) is 7.55. The SMILES string of the molecule is Oc1ccc(C(SCc2ccc(Br)cc2)SCc2ccc(Br)cc2)cc1. The first kappa shape index (κ1) is 19.9. The standard InChI is InChI=1S/C21H18Br2OS2/c22-18-7-1-15(2-8-18)13-25-21(17-5-11-20(24)12-6-17)26-14-16-3-9-19(23)10-4-16/h1-12,21,24H,13-14H2. The summed E-state index contributed by atoms with van der Waals surface area (Å²) in [5, 5.41) is 9.58. The van der Waals surface area contributed by atoms with Crippen molar-refractivity contribution in [3.8, 4) is 5.75 Å². The summed E-state index contributed by atoms with van der Waals surface area (Å²) < 4.78 is 2.51. The summed E-state index contributed by atoms with van der Waals surface area (Å²) in [6.45, 7) is 0. The molecule has 0 amide bonds. The Morgan fingerprint density at radius 2 is 1.08 bits per heavy atom. The molecule has 0 bridgehead atoms. The summed E-state index contributed by atoms with van der Waals surface area (Å²) in [7, 11) is 0. The first-order valence-electron chi connectivity index (χ1n) is 8.11. The molecule has 5 heteroatoms. The van der Waals surface area contributed by atoms with Gasteiger partial charge in [-0.2, -0.15) is 0 Å². The number of phenols is 1. The average Bonchev–Trinajstić information content (AvgIpc) is 2.65. The van der Waals surface area contributed by atoms with Gasteiger partial charge in [0.15, 0.2) is 0 Å². The lowest BCUT2D eigenvalue weighted by Crippen LogP contribution is -1.92. The van der Waals surface area contributed by atoms with Gasteiger partial charge in [-0.15, -0.1) is 23.5 Å². The Labute approximate surface area is 179 Å². The summed E-state index contributed by atoms with van der Waals surface area (Å²) in [6.07, 6.45) is 0. The van der Waals surface area contributed by atoms with Crippen LogP contribution in [0.1, 0.15) is 21.3 Å². The predicted octanol–water partition coefficient (Wildman–Crippen LogP) is 7.78. The molecule has 3 rings (SSSR count). The molecular formula is C21H18Br2OS2. The van der Waals surface area contributed by atoms with Crippen LogP contribution in [0.5, 0.6) is 5.75 Å². The molecule has 0 aliphatic rings. The monoisotopic (exact) mass is 508 g/mol. The van der Waals surface area contributed by atoms with Crippen LogP contribution in [0.4, 0.5) is 0 Å². The fourth-order valence-corrected chi connectivity index (χ4v) is 5.47. The van der Waals surface area contributed by atoms with Crippen molar-refractivity contribution in [3.05, 3.63) is 98.4 Å². The summed E-state index contributed by atoms with van der Waals surface area (Å²) in [5.41, 5.74) is 3.85. The number of aromatic hydroxyl groups is 1. The molecule has 0 saturated heterocycles. The highest BCUT2D eigenvalue weighted by Crippen LogP contribution is 2.43. The molecule has 0 aromatic heterocycles. The quantitative estimate of drug-likeness (QED) is 0.328. The van der Waals surface area contributed by atoms with Crippen molar-refractivity contribution in [1.82, 2.24) is 0 Å². The summed E-state index contributed by atoms with van der Waals surface area (Å²) in [6, 6.07) is 24.5. The zero-order chi connectivity index (χ0) is 18.4. The summed E-state index contributed by atoms with van der Waals surface area (Å²) in [5.74, 6) is 2.21. The smallest absolute Gasteiger partial charge is 0.115 e. The first-order valence-corrected chi connectivity index (χ1v) is 11.8. The predicted molar refractivity (Wildman–Crippen MR) is 122 cm³/mol. The maximum absolute atomic E-state index is 9.58. The number of halogens is 2. The van der Waals surface area contributed by atoms with E-state index < -0.39 is 0 Å². The Morgan fingerprint density at radius 3 is 1.50 bits per heavy atom. The summed E-state index contributed by atoms with van der Waals surface area (Å²) >= 11 is 10.8. The van der Waals surface area contributed by atoms with Gasteiger partial charge in [-0.3, -0.25) is 0 Å². The molecule has 0 radical (unpaired) electrons. The van der Waals surface area contributed by atoms with E-state index >= 15 is 0 Å². The van der Waals surface area contributed by atoms with E-state index in [1.165, 1.54) is 16.7 Å². The Morgan fingerprint density at radius 1 is 0.654 bits per heavy atom. The van der Waals surface area contributed by atoms with E-state index in [-0.39, 0.29) is 0 Å². The van der Waals surface area contributed by atoms with Crippen LogP contribution < -0.4 is 0 Å². The zero-order valence-electron chi connectivity index (χ0n) is 13.9. The molecule has 0 saturated carbocycles. The fourth-order valence-electron chi connectivity index (χ4n) is 2.38. The molecular weight excluding hydrogens is 492 g/mol. The van der Waals surface area contributed by atoms with Crippen molar-refractivity contribution in [3.63, 3.8) is 0 Å². The maximum Gasteiger partial charge on any atom is 0.115 e. The average molecular weight is 510 g/mol. The van der Waals surface area contributed by atoms with E-state index in [9.17, 15) is 5.11 Å². The molecule has 0 heterocycles. The first-order chi connectivity index (χ1) is 12.6. The maximum atomic E-state index is 9.58. The number of hydrogen-bond donors (Lipinski definition) is 1. The molecule has 0 spiro atoms. The van der Waals surface area contributed by atoms with Crippen molar-refractivity contribution in [1.29, 1.82) is 0 Å². The second kappa shape index (κ2) is 9.88. The Balaban J connectivity index is 1.69. The van der Waals surface area contributed by atoms with Crippen LogP contribution >= 0.6 is 55.4 Å². The normalized spacial score (nSPS) is 11.0. The van der Waals surface area contributed by atoms with Gasteiger partial charge in [0, 0.05) is 20.5 Å². The highest BCUT2D eigenvalue weighted by molar-refractivity contribution is 9.10. The number of thioether (sulfide) groups is 2. The van der Waals surface area contributed by atoms with Gasteiger partial charge in [0.05, 0.1) is 4.58 Å². The topological polar surface area (TPSA) is 20.2 Å². The highest BCUT2D eigenvalue weighted by atomic mass is 79.9. The van der Waals surface area contributed by atoms with Gasteiger partial charge in [0.1, 0.15) is 5.75 Å². The largest absolute Gasteiger partial charge is 0.508 e. The van der Waals surface area contributed by atoms with E-state index in [0.29, 0.717) is 10.3 Å². The van der Waals surface area contributed by atoms with E-state index in [1.807, 2.05) is 35.7 Å². The number of phenolic OH excluding ortho intramolecular Hbond substituents is 1. The third kappa shape index (κ3) is 6.08. The third-order valence-corrected chi connectivity index (χ3v) is 7.82. The molecule has 3 aromatic rings. The molecule has 0 unspecified atom stereocenters. The molecule has 3 aromatic carbocycles. The lowest BCUT2D eigenvalue weighted by atomic mass is 10.2. The second-order valence-electron chi connectivity index (χ2n) is 5.80. The lowest BCUT2D eigenvalue weighted by molar-refractivity contribution is 0.475. The fraction of sp³-hybridized carbons (Fsp3) is 0.143. The van der Waals surface area contributed by atoms with Gasteiger partial charge in [-0.05, 0) is 53.1 Å². The van der Waals surface area contributed by atoms with Crippen LogP contribution in [0.2, 0.25) is 0 Å². The van der Waals surface area contributed by atoms with Crippen LogP contribution in [-0.4, -0.2) is 5.11 Å². The van der Waals surface area contributed by atoms with Gasteiger partial charge < -0.3 is 5.11 Å². The molecule has 134 valence electrons. The van der Waals surface area contributed by atoms with E-state index in [4.69, 9.17) is 0 Å². The van der Waals surface area contributed by atoms with Crippen LogP contribution in [0.3, 0.4) is 0 Å². The van der Waals surface area contributed by atoms with Crippen molar-refractivity contribution in [2.75, 3.05) is 0 Å². The molecule has 26 heavy (non-hydrogen) atoms. The number of rotatable bonds is 7. The molecule has 0 atom stereocenters. The third-order valence-electron chi connectivity index (χ3n) is 3.79. The van der Waals surface area contributed by atoms with E-state index in [0.717, 1.165) is 20.5 Å². The van der Waals surface area contributed by atoms with Crippen molar-refractivity contribution < 1.29 is 5.11 Å². The van der Waals surface area contributed by atoms with Crippen LogP contribution in [0, 0.1) is 0 Å². The minimum absolute atomic E-state index is 0.308. The van der Waals surface area contributed by atoms with Crippen molar-refractivity contribution >= 4 is 55.4 Å². The summed E-state index contributed by atoms with van der Waals surface area (Å²) in [4.78, 5) is 0. The molecule has 0 aliphatic carbocycles. The van der Waals surface area contributed by atoms with Gasteiger partial charge in [0.2, 0.25) is 0 Å². The van der Waals surface area contributed by atoms with E-state index in [1.54, 1.807) is 12.1 Å². The van der Waals surface area contributed by atoms with Gasteiger partial charge in [-0.1, -0.05) is 68.3 Å². The van der Waals surface area contributed by atoms with Crippen LogP contribution in [-0.2, 0) is 11.5 Å². The van der Waals surface area contributed by atoms with Gasteiger partial charge in [-0.25, -0.2) is 0 Å². The second-order valence-corrected chi connectivity index (χ2v) is 10.1. The Hall–Kier alpha value is -0.880. The van der Waals surface area contributed by atoms with Gasteiger partial charge in [0.25, 0.3) is 0 Å². The minimum atomic E-state index is 0.308. The lowest BCUT2D eigenvalue weighted by Gasteiger charge is -2.17. The Bertz CT molecular complexity index is 769. The number of benzene rings is 3. The minimum Gasteiger partial charge on any atom is -0.508 e.